The van der Waals surface area contributed by atoms with Gasteiger partial charge in [0, 0.05) is 12.0 Å². The van der Waals surface area contributed by atoms with Gasteiger partial charge in [-0.3, -0.25) is 0 Å². The van der Waals surface area contributed by atoms with E-state index in [0.29, 0.717) is 17.4 Å². The third-order valence-electron chi connectivity index (χ3n) is 3.99. The van der Waals surface area contributed by atoms with Crippen LogP contribution < -0.4 is 5.32 Å². The first-order chi connectivity index (χ1) is 11.0. The van der Waals surface area contributed by atoms with E-state index < -0.39 is 0 Å². The van der Waals surface area contributed by atoms with E-state index in [1.165, 1.54) is 0 Å². The predicted octanol–water partition coefficient (Wildman–Crippen LogP) is 3.52. The van der Waals surface area contributed by atoms with E-state index in [1.807, 2.05) is 10.8 Å². The summed E-state index contributed by atoms with van der Waals surface area (Å²) in [5.41, 5.74) is 1.29. The lowest BCUT2D eigenvalue weighted by Crippen LogP contribution is -2.25. The zero-order valence-corrected chi connectivity index (χ0v) is 13.7. The average molecular weight is 309 g/mol. The molecule has 0 unspecified atom stereocenters. The van der Waals surface area contributed by atoms with Crippen LogP contribution in [0.25, 0.3) is 0 Å². The van der Waals surface area contributed by atoms with Gasteiger partial charge in [-0.25, -0.2) is 4.68 Å². The van der Waals surface area contributed by atoms with Crippen LogP contribution in [0.15, 0.2) is 18.2 Å². The molecular formula is C17H21N6. The molecule has 6 heteroatoms. The summed E-state index contributed by atoms with van der Waals surface area (Å²) in [5.74, 6) is 2.02. The minimum absolute atomic E-state index is 0.136. The number of anilines is 2. The van der Waals surface area contributed by atoms with Crippen molar-refractivity contribution in [3.63, 3.8) is 0 Å². The molecule has 0 bridgehead atoms. The lowest BCUT2D eigenvalue weighted by atomic mass is 10.0. The van der Waals surface area contributed by atoms with Crippen molar-refractivity contribution >= 4 is 11.6 Å². The molecule has 2 heterocycles. The fourth-order valence-electron chi connectivity index (χ4n) is 2.81. The summed E-state index contributed by atoms with van der Waals surface area (Å²) in [4.78, 5) is 0. The molecule has 23 heavy (non-hydrogen) atoms. The lowest BCUT2D eigenvalue weighted by molar-refractivity contribution is 0.357. The molecule has 2 aromatic heterocycles. The first-order valence-electron chi connectivity index (χ1n) is 7.90. The van der Waals surface area contributed by atoms with Crippen molar-refractivity contribution in [3.05, 3.63) is 36.0 Å². The molecule has 1 aliphatic rings. The zero-order valence-electron chi connectivity index (χ0n) is 13.7. The van der Waals surface area contributed by atoms with Crippen molar-refractivity contribution < 1.29 is 0 Å². The van der Waals surface area contributed by atoms with Gasteiger partial charge in [0.25, 0.3) is 0 Å². The topological polar surface area (TPSA) is 79.4 Å². The molecule has 1 atom stereocenters. The minimum Gasteiger partial charge on any atom is -0.324 e. The largest absolute Gasteiger partial charge is 0.324 e. The number of hydrogen-bond donors (Lipinski definition) is 1. The monoisotopic (exact) mass is 309 g/mol. The Hall–Kier alpha value is -2.42. The van der Waals surface area contributed by atoms with Crippen LogP contribution in [0.3, 0.4) is 0 Å². The third-order valence-corrected chi connectivity index (χ3v) is 3.99. The maximum atomic E-state index is 8.80. The molecule has 2 aromatic rings. The van der Waals surface area contributed by atoms with Crippen LogP contribution in [-0.2, 0) is 5.54 Å². The Balaban J connectivity index is 1.91. The smallest absolute Gasteiger partial charge is 0.163 e. The van der Waals surface area contributed by atoms with Crippen LogP contribution in [0.2, 0.25) is 0 Å². The predicted molar refractivity (Wildman–Crippen MR) is 88.1 cm³/mol. The normalized spacial score (nSPS) is 15.6. The van der Waals surface area contributed by atoms with Gasteiger partial charge in [0.05, 0.1) is 11.2 Å². The van der Waals surface area contributed by atoms with Crippen molar-refractivity contribution in [1.82, 2.24) is 20.0 Å². The van der Waals surface area contributed by atoms with Gasteiger partial charge in [0.1, 0.15) is 11.9 Å². The maximum absolute atomic E-state index is 8.80. The first kappa shape index (κ1) is 15.5. The Kier molecular flexibility index (Phi) is 4.03. The highest BCUT2D eigenvalue weighted by atomic mass is 15.4. The molecule has 0 aliphatic heterocycles. The Labute approximate surface area is 136 Å². The van der Waals surface area contributed by atoms with E-state index in [0.717, 1.165) is 30.8 Å². The Bertz CT molecular complexity index is 711. The lowest BCUT2D eigenvalue weighted by Gasteiger charge is -2.22. The highest BCUT2D eigenvalue weighted by Gasteiger charge is 2.25. The highest BCUT2D eigenvalue weighted by molar-refractivity contribution is 5.53. The summed E-state index contributed by atoms with van der Waals surface area (Å²) < 4.78 is 2.00. The van der Waals surface area contributed by atoms with Crippen molar-refractivity contribution in [2.75, 3.05) is 5.32 Å². The molecule has 1 aliphatic carbocycles. The number of rotatable bonds is 3. The summed E-state index contributed by atoms with van der Waals surface area (Å²) in [5, 5.41) is 24.8. The average Bonchev–Trinajstić information content (AvgIpc) is 3.16. The summed E-state index contributed by atoms with van der Waals surface area (Å²) in [6, 6.07) is 7.49. The number of nitrogens with zero attached hydrogens (tertiary/aromatic N) is 5. The van der Waals surface area contributed by atoms with Crippen LogP contribution in [0.1, 0.15) is 57.3 Å². The van der Waals surface area contributed by atoms with Crippen LogP contribution >= 0.6 is 0 Å². The summed E-state index contributed by atoms with van der Waals surface area (Å²) in [6.45, 7) is 6.38. The molecule has 1 fully saturated rings. The van der Waals surface area contributed by atoms with Gasteiger partial charge in [0.2, 0.25) is 0 Å². The standard InChI is InChI=1S/C17H21N6/c1-17(2,3)23-16(10-14(22-23)12-6-4-5-7-12)19-15-9-8-13(11-18)20-21-15/h4,8-10,12H,5-7H2,1-3H3,(H,19,21)/t12-/m0/s1. The highest BCUT2D eigenvalue weighted by Crippen LogP contribution is 2.35. The number of aromatic nitrogens is 4. The number of hydrogen-bond acceptors (Lipinski definition) is 5. The SMILES string of the molecule is CC(C)(C)n1nc([C@H]2C[CH]CC2)cc1Nc1ccc(C#N)nn1. The van der Waals surface area contributed by atoms with Gasteiger partial charge >= 0.3 is 0 Å². The minimum atomic E-state index is -0.136. The number of nitrogens with one attached hydrogen (secondary N) is 1. The first-order valence-corrected chi connectivity index (χ1v) is 7.90. The van der Waals surface area contributed by atoms with E-state index >= 15 is 0 Å². The molecule has 0 saturated heterocycles. The van der Waals surface area contributed by atoms with Gasteiger partial charge < -0.3 is 5.32 Å². The van der Waals surface area contributed by atoms with Crippen LogP contribution in [0.5, 0.6) is 0 Å². The second kappa shape index (κ2) is 5.99. The van der Waals surface area contributed by atoms with E-state index in [2.05, 4.69) is 48.8 Å². The molecule has 0 aromatic carbocycles. The van der Waals surface area contributed by atoms with Crippen molar-refractivity contribution in [2.24, 2.45) is 0 Å². The van der Waals surface area contributed by atoms with Gasteiger partial charge in [-0.15, -0.1) is 10.2 Å². The molecular weight excluding hydrogens is 288 g/mol. The molecule has 3 rings (SSSR count). The van der Waals surface area contributed by atoms with Crippen LogP contribution in [-0.4, -0.2) is 20.0 Å². The quantitative estimate of drug-likeness (QED) is 0.938. The van der Waals surface area contributed by atoms with Gasteiger partial charge in [-0.2, -0.15) is 10.4 Å². The second-order valence-electron chi connectivity index (χ2n) is 6.88. The molecule has 1 saturated carbocycles. The second-order valence-corrected chi connectivity index (χ2v) is 6.88. The van der Waals surface area contributed by atoms with Crippen molar-refractivity contribution in [2.45, 2.75) is 51.5 Å². The van der Waals surface area contributed by atoms with Gasteiger partial charge in [0.15, 0.2) is 11.5 Å². The third kappa shape index (κ3) is 3.34. The fourth-order valence-corrected chi connectivity index (χ4v) is 2.81. The fraction of sp³-hybridized carbons (Fsp3) is 0.471. The summed E-state index contributed by atoms with van der Waals surface area (Å²) in [7, 11) is 0. The molecule has 0 amide bonds. The summed E-state index contributed by atoms with van der Waals surface area (Å²) >= 11 is 0. The van der Waals surface area contributed by atoms with E-state index in [-0.39, 0.29) is 5.54 Å². The Morgan fingerprint density at radius 3 is 2.70 bits per heavy atom. The maximum Gasteiger partial charge on any atom is 0.163 e. The zero-order chi connectivity index (χ0) is 16.4. The molecule has 1 radical (unpaired) electrons. The van der Waals surface area contributed by atoms with Crippen LogP contribution in [0, 0.1) is 17.8 Å². The van der Waals surface area contributed by atoms with Gasteiger partial charge in [-0.1, -0.05) is 0 Å². The van der Waals surface area contributed by atoms with Gasteiger partial charge in [-0.05, 0) is 58.6 Å². The molecule has 119 valence electrons. The van der Waals surface area contributed by atoms with Crippen molar-refractivity contribution in [3.8, 4) is 6.07 Å². The van der Waals surface area contributed by atoms with E-state index in [1.54, 1.807) is 12.1 Å². The summed E-state index contributed by atoms with van der Waals surface area (Å²) in [6.07, 6.45) is 5.76. The van der Waals surface area contributed by atoms with Crippen molar-refractivity contribution in [1.29, 1.82) is 5.26 Å². The molecule has 6 nitrogen and oxygen atoms in total. The van der Waals surface area contributed by atoms with E-state index in [9.17, 15) is 0 Å². The Morgan fingerprint density at radius 1 is 1.30 bits per heavy atom. The number of nitriles is 1. The van der Waals surface area contributed by atoms with Crippen LogP contribution in [0.4, 0.5) is 11.6 Å². The Morgan fingerprint density at radius 2 is 2.13 bits per heavy atom. The molecule has 0 spiro atoms. The van der Waals surface area contributed by atoms with E-state index in [4.69, 9.17) is 10.4 Å². The molecule has 1 N–H and O–H groups in total.